The van der Waals surface area contributed by atoms with E-state index in [1.807, 2.05) is 0 Å². The van der Waals surface area contributed by atoms with E-state index in [0.717, 1.165) is 6.92 Å². The largest absolute Gasteiger partial charge is 0.492 e. The molecule has 1 aromatic heterocycles. The van der Waals surface area contributed by atoms with Crippen LogP contribution in [0.2, 0.25) is 0 Å². The van der Waals surface area contributed by atoms with Gasteiger partial charge in [-0.25, -0.2) is 0 Å². The summed E-state index contributed by atoms with van der Waals surface area (Å²) < 4.78 is 43.8. The quantitative estimate of drug-likeness (QED) is 0.911. The number of alkyl halides is 3. The zero-order valence-corrected chi connectivity index (χ0v) is 10.4. The van der Waals surface area contributed by atoms with Crippen LogP contribution in [0.5, 0.6) is 5.75 Å². The van der Waals surface area contributed by atoms with Gasteiger partial charge >= 0.3 is 6.18 Å². The SMILES string of the molecule is CCOc1cccc2c(=O)c(C)c(C(F)(F)F)[nH]c12. The van der Waals surface area contributed by atoms with Crippen molar-refractivity contribution < 1.29 is 17.9 Å². The molecule has 19 heavy (non-hydrogen) atoms. The molecule has 0 atom stereocenters. The van der Waals surface area contributed by atoms with E-state index in [2.05, 4.69) is 4.98 Å². The number of aromatic nitrogens is 1. The van der Waals surface area contributed by atoms with Crippen molar-refractivity contribution in [2.45, 2.75) is 20.0 Å². The molecule has 0 saturated heterocycles. The van der Waals surface area contributed by atoms with E-state index in [1.165, 1.54) is 12.1 Å². The molecule has 1 N–H and O–H groups in total. The Morgan fingerprint density at radius 1 is 1.32 bits per heavy atom. The van der Waals surface area contributed by atoms with Crippen LogP contribution in [0.4, 0.5) is 13.2 Å². The second-order valence-electron chi connectivity index (χ2n) is 4.06. The Morgan fingerprint density at radius 3 is 2.58 bits per heavy atom. The molecular formula is C13H12F3NO2. The number of rotatable bonds is 2. The summed E-state index contributed by atoms with van der Waals surface area (Å²) in [4.78, 5) is 14.3. The molecule has 3 nitrogen and oxygen atoms in total. The van der Waals surface area contributed by atoms with Gasteiger partial charge < -0.3 is 9.72 Å². The number of aromatic amines is 1. The molecule has 1 aromatic carbocycles. The number of pyridine rings is 1. The molecule has 2 aromatic rings. The van der Waals surface area contributed by atoms with Crippen LogP contribution in [-0.2, 0) is 6.18 Å². The summed E-state index contributed by atoms with van der Waals surface area (Å²) in [6.07, 6.45) is -4.60. The van der Waals surface area contributed by atoms with Gasteiger partial charge in [0.1, 0.15) is 11.4 Å². The first-order valence-corrected chi connectivity index (χ1v) is 5.71. The maximum absolute atomic E-state index is 12.9. The minimum absolute atomic E-state index is 0.0762. The van der Waals surface area contributed by atoms with Crippen LogP contribution in [0.15, 0.2) is 23.0 Å². The lowest BCUT2D eigenvalue weighted by Crippen LogP contribution is -2.19. The highest BCUT2D eigenvalue weighted by atomic mass is 19.4. The van der Waals surface area contributed by atoms with Gasteiger partial charge in [0, 0.05) is 10.9 Å². The van der Waals surface area contributed by atoms with E-state index in [0.29, 0.717) is 6.61 Å². The van der Waals surface area contributed by atoms with Crippen LogP contribution >= 0.6 is 0 Å². The van der Waals surface area contributed by atoms with Crippen molar-refractivity contribution in [1.82, 2.24) is 4.98 Å². The molecule has 0 saturated carbocycles. The smallest absolute Gasteiger partial charge is 0.431 e. The molecule has 0 unspecified atom stereocenters. The second-order valence-corrected chi connectivity index (χ2v) is 4.06. The highest BCUT2D eigenvalue weighted by molar-refractivity contribution is 5.85. The number of benzene rings is 1. The third-order valence-corrected chi connectivity index (χ3v) is 2.82. The molecule has 1 heterocycles. The first-order chi connectivity index (χ1) is 8.86. The average Bonchev–Trinajstić information content (AvgIpc) is 2.33. The molecule has 0 spiro atoms. The zero-order chi connectivity index (χ0) is 14.2. The lowest BCUT2D eigenvalue weighted by Gasteiger charge is -2.13. The summed E-state index contributed by atoms with van der Waals surface area (Å²) in [6, 6.07) is 4.58. The Bertz CT molecular complexity index is 674. The Hall–Kier alpha value is -1.98. The normalized spacial score (nSPS) is 11.8. The number of ether oxygens (including phenoxy) is 1. The van der Waals surface area contributed by atoms with E-state index < -0.39 is 17.3 Å². The minimum Gasteiger partial charge on any atom is -0.492 e. The van der Waals surface area contributed by atoms with Crippen LogP contribution < -0.4 is 10.2 Å². The van der Waals surface area contributed by atoms with Crippen LogP contribution in [0, 0.1) is 6.92 Å². The summed E-state index contributed by atoms with van der Waals surface area (Å²) in [5.41, 5.74) is -1.93. The maximum Gasteiger partial charge on any atom is 0.431 e. The first-order valence-electron chi connectivity index (χ1n) is 5.71. The Balaban J connectivity index is 2.86. The Morgan fingerprint density at radius 2 is 2.00 bits per heavy atom. The van der Waals surface area contributed by atoms with Gasteiger partial charge in [0.25, 0.3) is 0 Å². The summed E-state index contributed by atoms with van der Waals surface area (Å²) in [7, 11) is 0. The van der Waals surface area contributed by atoms with Crippen LogP contribution in [0.1, 0.15) is 18.2 Å². The number of halogens is 3. The molecule has 0 radical (unpaired) electrons. The molecule has 102 valence electrons. The van der Waals surface area contributed by atoms with Crippen molar-refractivity contribution in [1.29, 1.82) is 0 Å². The standard InChI is InChI=1S/C13H12F3NO2/c1-3-19-9-6-4-5-8-10(9)17-12(13(14,15)16)7(2)11(8)18/h4-6H,3H2,1-2H3,(H,17,18). The van der Waals surface area contributed by atoms with Crippen molar-refractivity contribution >= 4 is 10.9 Å². The number of hydrogen-bond acceptors (Lipinski definition) is 2. The predicted octanol–water partition coefficient (Wildman–Crippen LogP) is 3.25. The fourth-order valence-corrected chi connectivity index (χ4v) is 1.94. The fraction of sp³-hybridized carbons (Fsp3) is 0.308. The van der Waals surface area contributed by atoms with Crippen molar-refractivity contribution in [3.05, 3.63) is 39.7 Å². The lowest BCUT2D eigenvalue weighted by atomic mass is 10.1. The molecular weight excluding hydrogens is 259 g/mol. The Kier molecular flexibility index (Phi) is 3.26. The topological polar surface area (TPSA) is 42.1 Å². The Labute approximate surface area is 107 Å². The summed E-state index contributed by atoms with van der Waals surface area (Å²) in [5, 5.41) is 0.191. The molecule has 0 amide bonds. The summed E-state index contributed by atoms with van der Waals surface area (Å²) >= 11 is 0. The molecule has 0 aliphatic heterocycles. The third-order valence-electron chi connectivity index (χ3n) is 2.82. The monoisotopic (exact) mass is 271 g/mol. The van der Waals surface area contributed by atoms with Crippen molar-refractivity contribution in [3.63, 3.8) is 0 Å². The molecule has 0 aliphatic carbocycles. The molecule has 0 aliphatic rings. The number of nitrogens with one attached hydrogen (secondary N) is 1. The van der Waals surface area contributed by atoms with Crippen LogP contribution in [0.3, 0.4) is 0 Å². The average molecular weight is 271 g/mol. The second kappa shape index (κ2) is 4.60. The van der Waals surface area contributed by atoms with Crippen molar-refractivity contribution in [3.8, 4) is 5.75 Å². The summed E-state index contributed by atoms with van der Waals surface area (Å²) in [5.74, 6) is 0.239. The number of para-hydroxylation sites is 1. The molecule has 0 bridgehead atoms. The fourth-order valence-electron chi connectivity index (χ4n) is 1.94. The highest BCUT2D eigenvalue weighted by Crippen LogP contribution is 2.32. The van der Waals surface area contributed by atoms with Gasteiger partial charge in [0.2, 0.25) is 0 Å². The predicted molar refractivity (Wildman–Crippen MR) is 65.5 cm³/mol. The molecule has 2 rings (SSSR count). The highest BCUT2D eigenvalue weighted by Gasteiger charge is 2.35. The van der Waals surface area contributed by atoms with E-state index in [4.69, 9.17) is 4.74 Å². The third kappa shape index (κ3) is 2.30. The first kappa shape index (κ1) is 13.5. The van der Waals surface area contributed by atoms with Gasteiger partial charge in [0.15, 0.2) is 5.43 Å². The zero-order valence-electron chi connectivity index (χ0n) is 10.4. The van der Waals surface area contributed by atoms with Crippen LogP contribution in [-0.4, -0.2) is 11.6 Å². The van der Waals surface area contributed by atoms with E-state index in [1.54, 1.807) is 13.0 Å². The van der Waals surface area contributed by atoms with E-state index in [9.17, 15) is 18.0 Å². The summed E-state index contributed by atoms with van der Waals surface area (Å²) in [6.45, 7) is 3.18. The van der Waals surface area contributed by atoms with Gasteiger partial charge in [-0.1, -0.05) is 6.07 Å². The van der Waals surface area contributed by atoms with Gasteiger partial charge in [-0.05, 0) is 26.0 Å². The van der Waals surface area contributed by atoms with E-state index >= 15 is 0 Å². The molecule has 6 heteroatoms. The van der Waals surface area contributed by atoms with Gasteiger partial charge in [-0.2, -0.15) is 13.2 Å². The lowest BCUT2D eigenvalue weighted by molar-refractivity contribution is -0.141. The van der Waals surface area contributed by atoms with Crippen molar-refractivity contribution in [2.75, 3.05) is 6.61 Å². The van der Waals surface area contributed by atoms with Gasteiger partial charge in [0.05, 0.1) is 12.1 Å². The van der Waals surface area contributed by atoms with Crippen molar-refractivity contribution in [2.24, 2.45) is 0 Å². The van der Waals surface area contributed by atoms with Gasteiger partial charge in [-0.3, -0.25) is 4.79 Å². The number of hydrogen-bond donors (Lipinski definition) is 1. The van der Waals surface area contributed by atoms with Gasteiger partial charge in [-0.15, -0.1) is 0 Å². The maximum atomic E-state index is 12.9. The molecule has 0 fully saturated rings. The number of fused-ring (bicyclic) bond motifs is 1. The van der Waals surface area contributed by atoms with E-state index in [-0.39, 0.29) is 22.2 Å². The number of H-pyrrole nitrogens is 1. The minimum atomic E-state index is -4.60. The van der Waals surface area contributed by atoms with Crippen LogP contribution in [0.25, 0.3) is 10.9 Å².